The number of likely N-dealkylation sites (tertiary alicyclic amines) is 1. The van der Waals surface area contributed by atoms with Gasteiger partial charge in [-0.15, -0.1) is 11.3 Å². The molecule has 3 atom stereocenters. The zero-order valence-corrected chi connectivity index (χ0v) is 24.3. The third-order valence-corrected chi connectivity index (χ3v) is 8.27. The molecule has 0 aliphatic carbocycles. The van der Waals surface area contributed by atoms with Crippen LogP contribution < -0.4 is 5.32 Å². The smallest absolute Gasteiger partial charge is 0.255 e. The van der Waals surface area contributed by atoms with Crippen LogP contribution in [0.4, 0.5) is 0 Å². The highest BCUT2D eigenvalue weighted by atomic mass is 32.1. The highest BCUT2D eigenvalue weighted by molar-refractivity contribution is 7.09. The number of aliphatic hydroxyl groups is 2. The van der Waals surface area contributed by atoms with E-state index in [0.29, 0.717) is 18.1 Å². The molecular weight excluding hydrogens is 540 g/mol. The Labute approximate surface area is 243 Å². The fourth-order valence-corrected chi connectivity index (χ4v) is 6.14. The number of nitrogens with one attached hydrogen (secondary N) is 1. The number of carbonyl (C=O) groups excluding carboxylic acids is 2. The van der Waals surface area contributed by atoms with E-state index in [4.69, 9.17) is 0 Å². The average Bonchev–Trinajstić information content (AvgIpc) is 3.70. The van der Waals surface area contributed by atoms with Gasteiger partial charge in [0.15, 0.2) is 12.2 Å². The van der Waals surface area contributed by atoms with E-state index in [1.54, 1.807) is 4.90 Å². The third kappa shape index (κ3) is 6.48. The first-order valence-electron chi connectivity index (χ1n) is 13.7. The van der Waals surface area contributed by atoms with Gasteiger partial charge >= 0.3 is 0 Å². The third-order valence-electron chi connectivity index (χ3n) is 7.37. The molecule has 1 saturated heterocycles. The number of aromatic nitrogens is 3. The zero-order valence-electron chi connectivity index (χ0n) is 23.5. The van der Waals surface area contributed by atoms with E-state index < -0.39 is 24.0 Å². The van der Waals surface area contributed by atoms with Gasteiger partial charge in [0.25, 0.3) is 11.8 Å². The Bertz CT molecular complexity index is 1530. The van der Waals surface area contributed by atoms with Crippen LogP contribution in [0.3, 0.4) is 0 Å². The molecule has 2 amide bonds. The average molecular weight is 577 g/mol. The maximum Gasteiger partial charge on any atom is 0.255 e. The number of fused-ring (bicyclic) bond motifs is 1. The number of carbonyl (C=O) groups is 2. The summed E-state index contributed by atoms with van der Waals surface area (Å²) in [4.78, 5) is 38.7. The van der Waals surface area contributed by atoms with Crippen LogP contribution in [0.25, 0.3) is 11.0 Å². The number of hydrogen-bond acceptors (Lipinski definition) is 8. The molecule has 10 nitrogen and oxygen atoms in total. The van der Waals surface area contributed by atoms with E-state index in [2.05, 4.69) is 30.8 Å². The van der Waals surface area contributed by atoms with E-state index >= 15 is 0 Å². The Morgan fingerprint density at radius 3 is 2.73 bits per heavy atom. The molecule has 2 aromatic carbocycles. The molecule has 11 heteroatoms. The maximum atomic E-state index is 13.2. The molecule has 2 aromatic heterocycles. The van der Waals surface area contributed by atoms with Crippen LogP contribution >= 0.6 is 11.3 Å². The molecule has 0 spiro atoms. The van der Waals surface area contributed by atoms with Crippen molar-refractivity contribution < 1.29 is 19.8 Å². The fraction of sp³-hybridized carbons (Fsp3) is 0.400. The second-order valence-corrected chi connectivity index (χ2v) is 11.7. The number of thiazole rings is 1. The normalized spacial score (nSPS) is 16.8. The van der Waals surface area contributed by atoms with Gasteiger partial charge < -0.3 is 29.9 Å². The summed E-state index contributed by atoms with van der Waals surface area (Å²) in [6, 6.07) is 15.8. The summed E-state index contributed by atoms with van der Waals surface area (Å²) in [5, 5.41) is 26.4. The number of benzene rings is 2. The van der Waals surface area contributed by atoms with Crippen molar-refractivity contribution in [3.8, 4) is 0 Å². The van der Waals surface area contributed by atoms with Gasteiger partial charge in [-0.05, 0) is 57.1 Å². The Kier molecular flexibility index (Phi) is 8.79. The Morgan fingerprint density at radius 2 is 1.93 bits per heavy atom. The van der Waals surface area contributed by atoms with E-state index in [-0.39, 0.29) is 12.6 Å². The molecule has 0 bridgehead atoms. The monoisotopic (exact) mass is 576 g/mol. The van der Waals surface area contributed by atoms with E-state index in [0.717, 1.165) is 53.1 Å². The fourth-order valence-electron chi connectivity index (χ4n) is 5.42. The van der Waals surface area contributed by atoms with Crippen LogP contribution in [0.15, 0.2) is 53.9 Å². The summed E-state index contributed by atoms with van der Waals surface area (Å²) in [5.41, 5.74) is 4.89. The van der Waals surface area contributed by atoms with Crippen molar-refractivity contribution in [2.45, 2.75) is 57.6 Å². The quantitative estimate of drug-likeness (QED) is 0.265. The van der Waals surface area contributed by atoms with E-state index in [1.807, 2.05) is 68.9 Å². The van der Waals surface area contributed by atoms with Gasteiger partial charge in [-0.2, -0.15) is 0 Å². The van der Waals surface area contributed by atoms with Gasteiger partial charge in [-0.1, -0.05) is 36.4 Å². The van der Waals surface area contributed by atoms with Crippen LogP contribution in [0.5, 0.6) is 0 Å². The van der Waals surface area contributed by atoms with Crippen molar-refractivity contribution in [3.63, 3.8) is 0 Å². The number of nitrogens with zero attached hydrogens (tertiary/aromatic N) is 5. The van der Waals surface area contributed by atoms with Gasteiger partial charge in [0, 0.05) is 18.5 Å². The van der Waals surface area contributed by atoms with Gasteiger partial charge in [0.2, 0.25) is 0 Å². The molecule has 5 rings (SSSR count). The highest BCUT2D eigenvalue weighted by Gasteiger charge is 2.38. The molecule has 3 unspecified atom stereocenters. The van der Waals surface area contributed by atoms with Gasteiger partial charge in [-0.25, -0.2) is 9.97 Å². The number of amides is 2. The van der Waals surface area contributed by atoms with E-state index in [9.17, 15) is 19.8 Å². The minimum atomic E-state index is -1.89. The second-order valence-electron chi connectivity index (χ2n) is 10.7. The largest absolute Gasteiger partial charge is 0.380 e. The van der Waals surface area contributed by atoms with Crippen LogP contribution in [-0.2, 0) is 29.2 Å². The predicted molar refractivity (Wildman–Crippen MR) is 157 cm³/mol. The van der Waals surface area contributed by atoms with Crippen molar-refractivity contribution in [2.24, 2.45) is 0 Å². The lowest BCUT2D eigenvalue weighted by Crippen LogP contribution is -2.50. The Balaban J connectivity index is 1.17. The summed E-state index contributed by atoms with van der Waals surface area (Å²) in [7, 11) is 4.00. The predicted octanol–water partition coefficient (Wildman–Crippen LogP) is 2.61. The van der Waals surface area contributed by atoms with Crippen molar-refractivity contribution in [1.82, 2.24) is 29.7 Å². The zero-order chi connectivity index (χ0) is 29.1. The summed E-state index contributed by atoms with van der Waals surface area (Å²) in [5.74, 6) is -0.576. The molecular formula is C30H36N6O4S. The lowest BCUT2D eigenvalue weighted by atomic mass is 10.0. The summed E-state index contributed by atoms with van der Waals surface area (Å²) in [6.45, 7) is 3.81. The van der Waals surface area contributed by atoms with Gasteiger partial charge in [0.05, 0.1) is 35.9 Å². The molecule has 41 heavy (non-hydrogen) atoms. The van der Waals surface area contributed by atoms with Crippen LogP contribution in [0.1, 0.15) is 46.5 Å². The first-order valence-corrected chi connectivity index (χ1v) is 14.6. The van der Waals surface area contributed by atoms with Crippen molar-refractivity contribution in [1.29, 1.82) is 0 Å². The van der Waals surface area contributed by atoms with Crippen LogP contribution in [0.2, 0.25) is 0 Å². The minimum absolute atomic E-state index is 0.0795. The number of aryl methyl sites for hydroxylation is 1. The lowest BCUT2D eigenvalue weighted by molar-refractivity contribution is -0.153. The highest BCUT2D eigenvalue weighted by Crippen LogP contribution is 2.33. The maximum absolute atomic E-state index is 13.2. The molecule has 0 radical (unpaired) electrons. The van der Waals surface area contributed by atoms with Gasteiger partial charge in [0.1, 0.15) is 10.8 Å². The number of hydrogen-bond donors (Lipinski definition) is 3. The molecule has 1 fully saturated rings. The number of rotatable bonds is 10. The van der Waals surface area contributed by atoms with E-state index in [1.165, 1.54) is 11.3 Å². The summed E-state index contributed by atoms with van der Waals surface area (Å²) >= 11 is 1.39. The molecule has 216 valence electrons. The first-order chi connectivity index (χ1) is 19.7. The van der Waals surface area contributed by atoms with Crippen LogP contribution in [0, 0.1) is 6.92 Å². The topological polar surface area (TPSA) is 124 Å². The number of aliphatic hydroxyl groups excluding tert-OH is 2. The summed E-state index contributed by atoms with van der Waals surface area (Å²) in [6.07, 6.45) is -2.20. The minimum Gasteiger partial charge on any atom is -0.380 e. The van der Waals surface area contributed by atoms with Gasteiger partial charge in [-0.3, -0.25) is 9.59 Å². The first kappa shape index (κ1) is 28.9. The SMILES string of the molecule is Cc1nc2ccccc2n1Cc1csc(CNC(=O)C(O)C(O)C(=O)N2CCCC2c2cccc(CN(C)C)c2)n1. The Hall–Kier alpha value is -3.64. The second kappa shape index (κ2) is 12.5. The van der Waals surface area contributed by atoms with Crippen LogP contribution in [-0.4, -0.2) is 79.2 Å². The molecule has 1 aliphatic heterocycles. The summed E-state index contributed by atoms with van der Waals surface area (Å²) < 4.78 is 2.09. The molecule has 4 aromatic rings. The number of imidazole rings is 1. The number of para-hydroxylation sites is 2. The molecule has 3 N–H and O–H groups in total. The molecule has 3 heterocycles. The van der Waals surface area contributed by atoms with Crippen molar-refractivity contribution in [2.75, 3.05) is 20.6 Å². The Morgan fingerprint density at radius 1 is 1.12 bits per heavy atom. The molecule has 0 saturated carbocycles. The van der Waals surface area contributed by atoms with Crippen molar-refractivity contribution in [3.05, 3.63) is 81.6 Å². The lowest BCUT2D eigenvalue weighted by Gasteiger charge is -2.29. The molecule has 1 aliphatic rings. The van der Waals surface area contributed by atoms with Crippen molar-refractivity contribution >= 4 is 34.2 Å². The standard InChI is InChI=1S/C30H36N6O4S/c1-19-32-23-10-4-5-11-25(23)36(19)17-22-18-41-26(33-22)15-31-29(39)27(37)28(38)30(40)35-13-7-12-24(35)21-9-6-8-20(14-21)16-34(2)3/h4-6,8-11,14,18,24,27-28,37-38H,7,12-13,15-17H2,1-3H3,(H,31,39).